The molecule has 3 fully saturated rings. The van der Waals surface area contributed by atoms with E-state index in [1.807, 2.05) is 11.9 Å². The number of hydrogen-bond acceptors (Lipinski definition) is 8. The van der Waals surface area contributed by atoms with E-state index in [1.165, 1.54) is 23.8 Å². The Kier molecular flexibility index (Phi) is 8.29. The molecule has 220 valence electrons. The van der Waals surface area contributed by atoms with Gasteiger partial charge in [-0.2, -0.15) is 9.97 Å². The molecule has 0 bridgehead atoms. The number of rotatable bonds is 9. The number of alkyl halides is 2. The lowest BCUT2D eigenvalue weighted by Gasteiger charge is -2.35. The zero-order chi connectivity index (χ0) is 28.3. The fraction of sp³-hybridized carbons (Fsp3) is 0.586. The van der Waals surface area contributed by atoms with Crippen molar-refractivity contribution in [1.29, 1.82) is 0 Å². The number of carbonyl (C=O) groups excluding carboxylic acids is 1. The first-order valence-corrected chi connectivity index (χ1v) is 14.6. The van der Waals surface area contributed by atoms with E-state index in [0.29, 0.717) is 61.8 Å². The van der Waals surface area contributed by atoms with Crippen LogP contribution in [0.4, 0.5) is 14.7 Å². The first kappa shape index (κ1) is 27.8. The molecule has 3 aliphatic rings. The van der Waals surface area contributed by atoms with Crippen molar-refractivity contribution in [3.05, 3.63) is 36.2 Å². The number of halogens is 2. The minimum Gasteiger partial charge on any atom is -0.474 e. The second-order valence-electron chi connectivity index (χ2n) is 11.2. The number of morpholine rings is 1. The standard InChI is InChI=1S/C29H37F2N7O3/c1-36(20-5-4-6-20)18-25(39)32-19-9-11-21(12-10-19)41-26-17-24(34-29(35-26)37-13-15-40-16-14-37)38-23-8-3-2-7-22(23)33-28(38)27(30)31/h2-3,7-8,17,19-21,27H,4-6,9-16,18H2,1H3,(H,32,39)/t19-,21-. The summed E-state index contributed by atoms with van der Waals surface area (Å²) in [7, 11) is 2.02. The number of nitrogens with one attached hydrogen (secondary N) is 1. The fourth-order valence-corrected chi connectivity index (χ4v) is 5.86. The molecule has 1 amide bonds. The minimum absolute atomic E-state index is 0.0711. The van der Waals surface area contributed by atoms with Gasteiger partial charge in [0.25, 0.3) is 6.43 Å². The highest BCUT2D eigenvalue weighted by Crippen LogP contribution is 2.31. The topological polar surface area (TPSA) is 97.6 Å². The van der Waals surface area contributed by atoms with Gasteiger partial charge in [-0.3, -0.25) is 14.3 Å². The van der Waals surface area contributed by atoms with Gasteiger partial charge < -0.3 is 19.7 Å². The Labute approximate surface area is 238 Å². The molecule has 0 radical (unpaired) electrons. The van der Waals surface area contributed by atoms with Crippen LogP contribution in [0.2, 0.25) is 0 Å². The van der Waals surface area contributed by atoms with Crippen LogP contribution in [0.1, 0.15) is 57.2 Å². The molecule has 0 unspecified atom stereocenters. The third-order valence-corrected chi connectivity index (χ3v) is 8.40. The smallest absolute Gasteiger partial charge is 0.296 e. The number of ether oxygens (including phenoxy) is 2. The third-order valence-electron chi connectivity index (χ3n) is 8.40. The largest absolute Gasteiger partial charge is 0.474 e. The number of likely N-dealkylation sites (N-methyl/N-ethyl adjacent to an activating group) is 1. The fourth-order valence-electron chi connectivity index (χ4n) is 5.86. The van der Waals surface area contributed by atoms with Gasteiger partial charge in [0.1, 0.15) is 11.9 Å². The van der Waals surface area contributed by atoms with E-state index in [9.17, 15) is 13.6 Å². The summed E-state index contributed by atoms with van der Waals surface area (Å²) >= 11 is 0. The average Bonchev–Trinajstić information content (AvgIpc) is 3.34. The Morgan fingerprint density at radius 3 is 2.56 bits per heavy atom. The third kappa shape index (κ3) is 6.28. The number of nitrogens with zero attached hydrogens (tertiary/aromatic N) is 6. The van der Waals surface area contributed by atoms with Gasteiger partial charge in [-0.05, 0) is 57.7 Å². The second kappa shape index (κ2) is 12.2. The highest BCUT2D eigenvalue weighted by molar-refractivity contribution is 5.78. The molecule has 2 aromatic heterocycles. The summed E-state index contributed by atoms with van der Waals surface area (Å²) in [6.07, 6.45) is 3.82. The van der Waals surface area contributed by atoms with E-state index in [2.05, 4.69) is 20.2 Å². The van der Waals surface area contributed by atoms with Gasteiger partial charge in [-0.1, -0.05) is 18.6 Å². The number of para-hydroxylation sites is 2. The predicted molar refractivity (Wildman–Crippen MR) is 150 cm³/mol. The first-order valence-electron chi connectivity index (χ1n) is 14.6. The molecular formula is C29H37F2N7O3. The molecule has 2 aliphatic carbocycles. The lowest BCUT2D eigenvalue weighted by Crippen LogP contribution is -2.47. The zero-order valence-corrected chi connectivity index (χ0v) is 23.3. The molecule has 3 heterocycles. The van der Waals surface area contributed by atoms with Crippen molar-refractivity contribution < 1.29 is 23.0 Å². The van der Waals surface area contributed by atoms with Crippen LogP contribution in [0.5, 0.6) is 5.88 Å². The lowest BCUT2D eigenvalue weighted by molar-refractivity contribution is -0.123. The van der Waals surface area contributed by atoms with Gasteiger partial charge in [0, 0.05) is 31.2 Å². The van der Waals surface area contributed by atoms with Crippen molar-refractivity contribution in [1.82, 2.24) is 29.7 Å². The molecule has 41 heavy (non-hydrogen) atoms. The Morgan fingerprint density at radius 2 is 1.85 bits per heavy atom. The average molecular weight is 570 g/mol. The molecule has 3 aromatic rings. The van der Waals surface area contributed by atoms with Crippen LogP contribution >= 0.6 is 0 Å². The molecule has 0 spiro atoms. The second-order valence-corrected chi connectivity index (χ2v) is 11.2. The van der Waals surface area contributed by atoms with Gasteiger partial charge >= 0.3 is 0 Å². The van der Waals surface area contributed by atoms with Crippen molar-refractivity contribution in [3.63, 3.8) is 0 Å². The quantitative estimate of drug-likeness (QED) is 0.415. The number of carbonyl (C=O) groups is 1. The Balaban J connectivity index is 1.18. The summed E-state index contributed by atoms with van der Waals surface area (Å²) < 4.78 is 41.5. The number of anilines is 1. The van der Waals surface area contributed by atoms with E-state index in [-0.39, 0.29) is 29.7 Å². The van der Waals surface area contributed by atoms with Gasteiger partial charge in [0.15, 0.2) is 5.82 Å². The summed E-state index contributed by atoms with van der Waals surface area (Å²) in [5, 5.41) is 3.19. The normalized spacial score (nSPS) is 21.8. The molecule has 1 saturated heterocycles. The van der Waals surface area contributed by atoms with Crippen LogP contribution in [0.25, 0.3) is 16.9 Å². The van der Waals surface area contributed by atoms with Gasteiger partial charge in [-0.25, -0.2) is 13.8 Å². The number of amides is 1. The van der Waals surface area contributed by atoms with E-state index < -0.39 is 6.43 Å². The van der Waals surface area contributed by atoms with Gasteiger partial charge in [0.2, 0.25) is 17.7 Å². The van der Waals surface area contributed by atoms with Crippen LogP contribution in [-0.4, -0.2) is 88.4 Å². The molecule has 1 aliphatic heterocycles. The SMILES string of the molecule is CN(CC(=O)N[C@H]1CC[C@H](Oc2cc(-n3c(C(F)F)nc4ccccc43)nc(N3CCOCC3)n2)CC1)C1CCC1. The summed E-state index contributed by atoms with van der Waals surface area (Å²) in [4.78, 5) is 30.3. The van der Waals surface area contributed by atoms with Crippen molar-refractivity contribution in [2.75, 3.05) is 44.8 Å². The highest BCUT2D eigenvalue weighted by Gasteiger charge is 2.28. The highest BCUT2D eigenvalue weighted by atomic mass is 19.3. The summed E-state index contributed by atoms with van der Waals surface area (Å²) in [5.41, 5.74) is 1.01. The van der Waals surface area contributed by atoms with Crippen molar-refractivity contribution >= 4 is 22.9 Å². The number of imidazole rings is 1. The molecule has 12 heteroatoms. The first-order chi connectivity index (χ1) is 19.9. The van der Waals surface area contributed by atoms with Crippen molar-refractivity contribution in [3.8, 4) is 11.7 Å². The number of fused-ring (bicyclic) bond motifs is 1. The molecular weight excluding hydrogens is 532 g/mol. The van der Waals surface area contributed by atoms with Crippen molar-refractivity contribution in [2.24, 2.45) is 0 Å². The molecule has 0 atom stereocenters. The van der Waals surface area contributed by atoms with Crippen LogP contribution in [0.15, 0.2) is 30.3 Å². The number of hydrogen-bond donors (Lipinski definition) is 1. The molecule has 1 aromatic carbocycles. The van der Waals surface area contributed by atoms with Gasteiger partial charge in [0.05, 0.1) is 30.8 Å². The maximum absolute atomic E-state index is 14.1. The molecule has 2 saturated carbocycles. The Morgan fingerprint density at radius 1 is 1.10 bits per heavy atom. The van der Waals surface area contributed by atoms with Crippen LogP contribution < -0.4 is 15.0 Å². The van der Waals surface area contributed by atoms with Crippen LogP contribution in [0, 0.1) is 0 Å². The van der Waals surface area contributed by atoms with Crippen LogP contribution in [0.3, 0.4) is 0 Å². The Bertz CT molecular complexity index is 1350. The Hall–Kier alpha value is -3.38. The minimum atomic E-state index is -2.78. The number of aromatic nitrogens is 4. The lowest BCUT2D eigenvalue weighted by atomic mass is 9.91. The van der Waals surface area contributed by atoms with Gasteiger partial charge in [-0.15, -0.1) is 0 Å². The van der Waals surface area contributed by atoms with Crippen LogP contribution in [-0.2, 0) is 9.53 Å². The van der Waals surface area contributed by atoms with E-state index in [0.717, 1.165) is 25.7 Å². The summed E-state index contributed by atoms with van der Waals surface area (Å²) in [6.45, 7) is 2.68. The maximum atomic E-state index is 14.1. The predicted octanol–water partition coefficient (Wildman–Crippen LogP) is 3.88. The van der Waals surface area contributed by atoms with E-state index in [1.54, 1.807) is 30.3 Å². The number of benzene rings is 1. The zero-order valence-electron chi connectivity index (χ0n) is 23.3. The van der Waals surface area contributed by atoms with E-state index >= 15 is 0 Å². The molecule has 1 N–H and O–H groups in total. The van der Waals surface area contributed by atoms with E-state index in [4.69, 9.17) is 14.5 Å². The molecule has 6 rings (SSSR count). The summed E-state index contributed by atoms with van der Waals surface area (Å²) in [6, 6.07) is 9.30. The maximum Gasteiger partial charge on any atom is 0.296 e. The molecule has 10 nitrogen and oxygen atoms in total. The summed E-state index contributed by atoms with van der Waals surface area (Å²) in [5.74, 6) is 0.737. The van der Waals surface area contributed by atoms with Crippen molar-refractivity contribution in [2.45, 2.75) is 69.6 Å². The monoisotopic (exact) mass is 569 g/mol.